The van der Waals surface area contributed by atoms with Crippen molar-refractivity contribution in [3.8, 4) is 0 Å². The van der Waals surface area contributed by atoms with Gasteiger partial charge >= 0.3 is 5.97 Å². The number of aryl methyl sites for hydroxylation is 1. The van der Waals surface area contributed by atoms with Crippen LogP contribution in [0.15, 0.2) is 28.5 Å². The first-order chi connectivity index (χ1) is 9.49. The van der Waals surface area contributed by atoms with E-state index in [2.05, 4.69) is 10.3 Å². The fourth-order valence-corrected chi connectivity index (χ4v) is 2.08. The standard InChI is InChI=1S/C12H14N4O4/c1-8-7-9(16(19)20)4-5-10(8)13-14-15-6-2-3-11(15)12(17)18/h4-5,7,11H,2-3,6H2,1H3,(H,17,18). The average Bonchev–Trinajstić information content (AvgIpc) is 2.85. The van der Waals surface area contributed by atoms with Crippen molar-refractivity contribution in [1.29, 1.82) is 0 Å². The molecule has 1 N–H and O–H groups in total. The summed E-state index contributed by atoms with van der Waals surface area (Å²) in [5, 5.41) is 29.0. The summed E-state index contributed by atoms with van der Waals surface area (Å²) in [6.07, 6.45) is 1.31. The van der Waals surface area contributed by atoms with Crippen molar-refractivity contribution in [3.05, 3.63) is 33.9 Å². The number of carbonyl (C=O) groups is 1. The molecule has 1 unspecified atom stereocenters. The van der Waals surface area contributed by atoms with E-state index in [1.54, 1.807) is 6.92 Å². The highest BCUT2D eigenvalue weighted by molar-refractivity contribution is 5.73. The zero-order valence-electron chi connectivity index (χ0n) is 10.9. The molecule has 1 aliphatic rings. The third-order valence-corrected chi connectivity index (χ3v) is 3.17. The molecular weight excluding hydrogens is 264 g/mol. The second-order valence-corrected chi connectivity index (χ2v) is 4.58. The fourth-order valence-electron chi connectivity index (χ4n) is 2.08. The Kier molecular flexibility index (Phi) is 3.92. The first-order valence-corrected chi connectivity index (χ1v) is 6.15. The first-order valence-electron chi connectivity index (χ1n) is 6.15. The molecule has 0 aromatic heterocycles. The van der Waals surface area contributed by atoms with Crippen LogP contribution in [-0.4, -0.2) is 33.6 Å². The van der Waals surface area contributed by atoms with Gasteiger partial charge in [-0.1, -0.05) is 5.22 Å². The van der Waals surface area contributed by atoms with Gasteiger partial charge in [0.2, 0.25) is 0 Å². The number of nitro groups is 1. The smallest absolute Gasteiger partial charge is 0.328 e. The van der Waals surface area contributed by atoms with Gasteiger partial charge in [0.1, 0.15) is 6.04 Å². The zero-order valence-corrected chi connectivity index (χ0v) is 10.9. The lowest BCUT2D eigenvalue weighted by molar-refractivity contribution is -0.384. The van der Waals surface area contributed by atoms with Crippen LogP contribution in [0.5, 0.6) is 0 Å². The molecule has 0 aliphatic carbocycles. The van der Waals surface area contributed by atoms with E-state index in [0.717, 1.165) is 6.42 Å². The summed E-state index contributed by atoms with van der Waals surface area (Å²) in [5.74, 6) is -0.915. The van der Waals surface area contributed by atoms with Gasteiger partial charge in [-0.15, -0.1) is 5.11 Å². The van der Waals surface area contributed by atoms with Crippen LogP contribution in [0, 0.1) is 17.0 Å². The second-order valence-electron chi connectivity index (χ2n) is 4.58. The van der Waals surface area contributed by atoms with Crippen LogP contribution in [0.4, 0.5) is 11.4 Å². The van der Waals surface area contributed by atoms with Gasteiger partial charge in [-0.05, 0) is 31.4 Å². The summed E-state index contributed by atoms with van der Waals surface area (Å²) in [5.41, 5.74) is 1.10. The summed E-state index contributed by atoms with van der Waals surface area (Å²) in [4.78, 5) is 21.1. The SMILES string of the molecule is Cc1cc([N+](=O)[O-])ccc1N=NN1CCCC1C(=O)O. The summed E-state index contributed by atoms with van der Waals surface area (Å²) in [7, 11) is 0. The van der Waals surface area contributed by atoms with Gasteiger partial charge in [0, 0.05) is 18.7 Å². The quantitative estimate of drug-likeness (QED) is 0.517. The molecule has 0 radical (unpaired) electrons. The number of nitrogens with zero attached hydrogens (tertiary/aromatic N) is 4. The van der Waals surface area contributed by atoms with Crippen molar-refractivity contribution in [2.45, 2.75) is 25.8 Å². The lowest BCUT2D eigenvalue weighted by Gasteiger charge is -2.15. The van der Waals surface area contributed by atoms with Crippen LogP contribution in [-0.2, 0) is 4.79 Å². The lowest BCUT2D eigenvalue weighted by Crippen LogP contribution is -2.31. The molecule has 1 atom stereocenters. The van der Waals surface area contributed by atoms with E-state index < -0.39 is 16.9 Å². The van der Waals surface area contributed by atoms with E-state index >= 15 is 0 Å². The monoisotopic (exact) mass is 278 g/mol. The molecular formula is C12H14N4O4. The van der Waals surface area contributed by atoms with Gasteiger partial charge in [-0.3, -0.25) is 15.1 Å². The molecule has 20 heavy (non-hydrogen) atoms. The van der Waals surface area contributed by atoms with Crippen molar-refractivity contribution in [2.75, 3.05) is 6.54 Å². The normalized spacial score (nSPS) is 18.6. The Balaban J connectivity index is 2.15. The number of carboxylic acids is 1. The molecule has 1 aromatic rings. The molecule has 0 bridgehead atoms. The molecule has 1 saturated heterocycles. The van der Waals surface area contributed by atoms with Crippen LogP contribution in [0.1, 0.15) is 18.4 Å². The molecule has 1 heterocycles. The van der Waals surface area contributed by atoms with E-state index in [4.69, 9.17) is 5.11 Å². The van der Waals surface area contributed by atoms with Crippen LogP contribution in [0.3, 0.4) is 0 Å². The Morgan fingerprint density at radius 1 is 1.55 bits per heavy atom. The summed E-state index contributed by atoms with van der Waals surface area (Å²) in [6.45, 7) is 2.24. The number of aliphatic carboxylic acids is 1. The van der Waals surface area contributed by atoms with Gasteiger partial charge in [0.15, 0.2) is 0 Å². The molecule has 1 aromatic carbocycles. The fraction of sp³-hybridized carbons (Fsp3) is 0.417. The van der Waals surface area contributed by atoms with Crippen molar-refractivity contribution in [3.63, 3.8) is 0 Å². The number of non-ortho nitro benzene ring substituents is 1. The van der Waals surface area contributed by atoms with Gasteiger partial charge in [0.25, 0.3) is 5.69 Å². The second kappa shape index (κ2) is 5.64. The molecule has 2 rings (SSSR count). The average molecular weight is 278 g/mol. The summed E-state index contributed by atoms with van der Waals surface area (Å²) in [6, 6.07) is 3.62. The molecule has 0 saturated carbocycles. The zero-order chi connectivity index (χ0) is 14.7. The number of hydrogen-bond acceptors (Lipinski definition) is 5. The minimum Gasteiger partial charge on any atom is -0.480 e. The van der Waals surface area contributed by atoms with Gasteiger partial charge in [0.05, 0.1) is 10.6 Å². The van der Waals surface area contributed by atoms with Crippen molar-refractivity contribution in [2.24, 2.45) is 10.3 Å². The van der Waals surface area contributed by atoms with Crippen LogP contribution in [0.2, 0.25) is 0 Å². The molecule has 1 fully saturated rings. The van der Waals surface area contributed by atoms with E-state index in [0.29, 0.717) is 24.2 Å². The molecule has 0 spiro atoms. The first kappa shape index (κ1) is 13.9. The largest absolute Gasteiger partial charge is 0.480 e. The van der Waals surface area contributed by atoms with E-state index in [1.165, 1.54) is 23.2 Å². The predicted molar refractivity (Wildman–Crippen MR) is 69.7 cm³/mol. The van der Waals surface area contributed by atoms with E-state index in [-0.39, 0.29) is 5.69 Å². The number of nitro benzene ring substituents is 1. The van der Waals surface area contributed by atoms with Crippen molar-refractivity contribution < 1.29 is 14.8 Å². The molecule has 8 nitrogen and oxygen atoms in total. The highest BCUT2D eigenvalue weighted by Gasteiger charge is 2.29. The van der Waals surface area contributed by atoms with Gasteiger partial charge < -0.3 is 5.11 Å². The maximum absolute atomic E-state index is 11.0. The minimum atomic E-state index is -0.915. The highest BCUT2D eigenvalue weighted by atomic mass is 16.6. The number of hydrogen-bond donors (Lipinski definition) is 1. The Hall–Kier alpha value is -2.51. The third kappa shape index (κ3) is 2.90. The van der Waals surface area contributed by atoms with Gasteiger partial charge in [-0.25, -0.2) is 4.79 Å². The summed E-state index contributed by atoms with van der Waals surface area (Å²) >= 11 is 0. The molecule has 1 aliphatic heterocycles. The molecule has 0 amide bonds. The molecule has 8 heteroatoms. The number of rotatable bonds is 4. The topological polar surface area (TPSA) is 108 Å². The predicted octanol–water partition coefficient (Wildman–Crippen LogP) is 2.45. The Labute approximate surface area is 114 Å². The van der Waals surface area contributed by atoms with Crippen molar-refractivity contribution in [1.82, 2.24) is 5.01 Å². The van der Waals surface area contributed by atoms with Gasteiger partial charge in [-0.2, -0.15) is 0 Å². The maximum atomic E-state index is 11.0. The van der Waals surface area contributed by atoms with E-state index in [9.17, 15) is 14.9 Å². The molecule has 106 valence electrons. The maximum Gasteiger partial charge on any atom is 0.328 e. The van der Waals surface area contributed by atoms with Crippen LogP contribution in [0.25, 0.3) is 0 Å². The van der Waals surface area contributed by atoms with Crippen molar-refractivity contribution >= 4 is 17.3 Å². The van der Waals surface area contributed by atoms with Crippen LogP contribution >= 0.6 is 0 Å². The highest BCUT2D eigenvalue weighted by Crippen LogP contribution is 2.25. The Morgan fingerprint density at radius 3 is 2.90 bits per heavy atom. The Bertz CT molecular complexity index is 573. The number of carboxylic acid groups (broad SMARTS) is 1. The lowest BCUT2D eigenvalue weighted by atomic mass is 10.2. The van der Waals surface area contributed by atoms with Crippen LogP contribution < -0.4 is 0 Å². The van der Waals surface area contributed by atoms with E-state index in [1.807, 2.05) is 0 Å². The number of benzene rings is 1. The minimum absolute atomic E-state index is 0.00830. The Morgan fingerprint density at radius 2 is 2.30 bits per heavy atom. The third-order valence-electron chi connectivity index (χ3n) is 3.17. The summed E-state index contributed by atoms with van der Waals surface area (Å²) < 4.78 is 0.